The number of sulfonamides is 1. The van der Waals surface area contributed by atoms with Crippen LogP contribution >= 0.6 is 15.9 Å². The average Bonchev–Trinajstić information content (AvgIpc) is 2.38. The molecular weight excluding hydrogens is 355 g/mol. The van der Waals surface area contributed by atoms with Crippen molar-refractivity contribution in [2.24, 2.45) is 0 Å². The van der Waals surface area contributed by atoms with Crippen molar-refractivity contribution in [3.8, 4) is 0 Å². The average molecular weight is 371 g/mol. The molecule has 0 unspecified atom stereocenters. The Morgan fingerprint density at radius 3 is 2.65 bits per heavy atom. The Morgan fingerprint density at radius 1 is 1.45 bits per heavy atom. The number of aliphatic hydroxyl groups excluding tert-OH is 1. The van der Waals surface area contributed by atoms with Crippen LogP contribution in [0.15, 0.2) is 21.5 Å². The molecule has 0 fully saturated rings. The molecule has 1 aromatic rings. The summed E-state index contributed by atoms with van der Waals surface area (Å²) in [6.45, 7) is -0.402. The van der Waals surface area contributed by atoms with Crippen molar-refractivity contribution in [1.82, 2.24) is 4.31 Å². The lowest BCUT2D eigenvalue weighted by Crippen LogP contribution is -2.36. The Balaban J connectivity index is 3.25. The Labute approximate surface area is 125 Å². The number of benzene rings is 1. The maximum absolute atomic E-state index is 14.0. The van der Waals surface area contributed by atoms with Crippen LogP contribution in [0.1, 0.15) is 0 Å². The molecule has 0 radical (unpaired) electrons. The maximum Gasteiger partial charge on any atom is 0.246 e. The maximum atomic E-state index is 14.0. The van der Waals surface area contributed by atoms with Crippen molar-refractivity contribution in [3.05, 3.63) is 22.4 Å². The van der Waals surface area contributed by atoms with Gasteiger partial charge in [0.15, 0.2) is 5.82 Å². The summed E-state index contributed by atoms with van der Waals surface area (Å²) in [5.41, 5.74) is 5.66. The Morgan fingerprint density at radius 2 is 2.10 bits per heavy atom. The van der Waals surface area contributed by atoms with E-state index in [1.165, 1.54) is 13.2 Å². The number of hydrogen-bond acceptors (Lipinski definition) is 5. The van der Waals surface area contributed by atoms with Crippen LogP contribution in [-0.4, -0.2) is 51.2 Å². The van der Waals surface area contributed by atoms with Gasteiger partial charge in [-0.2, -0.15) is 4.31 Å². The largest absolute Gasteiger partial charge is 0.399 e. The molecule has 0 heterocycles. The molecule has 0 saturated carbocycles. The van der Waals surface area contributed by atoms with E-state index in [9.17, 15) is 12.8 Å². The van der Waals surface area contributed by atoms with Crippen molar-refractivity contribution in [3.63, 3.8) is 0 Å². The lowest BCUT2D eigenvalue weighted by Gasteiger charge is -2.21. The zero-order valence-corrected chi connectivity index (χ0v) is 13.2. The highest BCUT2D eigenvalue weighted by Gasteiger charge is 2.28. The first kappa shape index (κ1) is 17.3. The number of ether oxygens (including phenoxy) is 1. The Bertz CT molecular complexity index is 568. The van der Waals surface area contributed by atoms with Gasteiger partial charge in [-0.1, -0.05) is 0 Å². The third-order valence-electron chi connectivity index (χ3n) is 2.53. The summed E-state index contributed by atoms with van der Waals surface area (Å²) in [5.74, 6) is -0.917. The highest BCUT2D eigenvalue weighted by molar-refractivity contribution is 9.10. The SMILES string of the molecule is COCCN(CCO)S(=O)(=O)c1cc(N)cc(Br)c1F. The van der Waals surface area contributed by atoms with Gasteiger partial charge in [0.25, 0.3) is 0 Å². The van der Waals surface area contributed by atoms with Gasteiger partial charge in [-0.15, -0.1) is 0 Å². The molecule has 0 amide bonds. The predicted molar refractivity (Wildman–Crippen MR) is 76.2 cm³/mol. The zero-order valence-electron chi connectivity index (χ0n) is 10.8. The van der Waals surface area contributed by atoms with E-state index in [1.54, 1.807) is 0 Å². The fraction of sp³-hybridized carbons (Fsp3) is 0.455. The Hall–Kier alpha value is -0.740. The lowest BCUT2D eigenvalue weighted by atomic mass is 10.3. The van der Waals surface area contributed by atoms with Crippen molar-refractivity contribution in [2.75, 3.05) is 39.1 Å². The molecule has 0 aromatic heterocycles. The van der Waals surface area contributed by atoms with Gasteiger partial charge in [0.2, 0.25) is 10.0 Å². The quantitative estimate of drug-likeness (QED) is 0.692. The second-order valence-electron chi connectivity index (χ2n) is 3.94. The molecule has 0 saturated heterocycles. The number of nitrogens with two attached hydrogens (primary N) is 1. The van der Waals surface area contributed by atoms with Crippen LogP contribution in [0.2, 0.25) is 0 Å². The fourth-order valence-electron chi connectivity index (χ4n) is 1.57. The third kappa shape index (κ3) is 3.89. The summed E-state index contributed by atoms with van der Waals surface area (Å²) >= 11 is 2.92. The molecule has 0 aliphatic heterocycles. The fourth-order valence-corrected chi connectivity index (χ4v) is 3.71. The van der Waals surface area contributed by atoms with E-state index < -0.39 is 20.7 Å². The molecule has 1 aromatic carbocycles. The second-order valence-corrected chi connectivity index (χ2v) is 6.70. The number of anilines is 1. The number of hydrogen-bond donors (Lipinski definition) is 2. The van der Waals surface area contributed by atoms with E-state index in [2.05, 4.69) is 15.9 Å². The second kappa shape index (κ2) is 7.32. The van der Waals surface area contributed by atoms with Crippen LogP contribution in [-0.2, 0) is 14.8 Å². The first-order valence-corrected chi connectivity index (χ1v) is 7.92. The van der Waals surface area contributed by atoms with Crippen LogP contribution in [0.5, 0.6) is 0 Å². The lowest BCUT2D eigenvalue weighted by molar-refractivity contribution is 0.168. The summed E-state index contributed by atoms with van der Waals surface area (Å²) in [4.78, 5) is -0.533. The van der Waals surface area contributed by atoms with Crippen molar-refractivity contribution >= 4 is 31.6 Å². The normalized spacial score (nSPS) is 12.1. The van der Waals surface area contributed by atoms with Gasteiger partial charge < -0.3 is 15.6 Å². The molecule has 0 aliphatic rings. The molecule has 0 aliphatic carbocycles. The highest BCUT2D eigenvalue weighted by Crippen LogP contribution is 2.28. The molecule has 6 nitrogen and oxygen atoms in total. The van der Waals surface area contributed by atoms with Gasteiger partial charge in [-0.3, -0.25) is 0 Å². The van der Waals surface area contributed by atoms with E-state index in [1.807, 2.05) is 0 Å². The van der Waals surface area contributed by atoms with Crippen molar-refractivity contribution < 1.29 is 22.7 Å². The molecule has 0 spiro atoms. The topological polar surface area (TPSA) is 92.9 Å². The van der Waals surface area contributed by atoms with Gasteiger partial charge in [0.1, 0.15) is 4.90 Å². The summed E-state index contributed by atoms with van der Waals surface area (Å²) < 4.78 is 44.5. The van der Waals surface area contributed by atoms with E-state index in [-0.39, 0.29) is 36.5 Å². The van der Waals surface area contributed by atoms with E-state index in [0.717, 1.165) is 10.4 Å². The first-order chi connectivity index (χ1) is 9.34. The molecule has 114 valence electrons. The zero-order chi connectivity index (χ0) is 15.3. The van der Waals surface area contributed by atoms with Crippen LogP contribution in [0.3, 0.4) is 0 Å². The number of rotatable bonds is 7. The molecule has 0 atom stereocenters. The molecule has 9 heteroatoms. The molecule has 3 N–H and O–H groups in total. The first-order valence-electron chi connectivity index (χ1n) is 5.69. The molecule has 1 rings (SSSR count). The summed E-state index contributed by atoms with van der Waals surface area (Å²) in [7, 11) is -2.68. The number of methoxy groups -OCH3 is 1. The van der Waals surface area contributed by atoms with Crippen molar-refractivity contribution in [1.29, 1.82) is 0 Å². The molecule has 20 heavy (non-hydrogen) atoms. The van der Waals surface area contributed by atoms with Crippen LogP contribution in [0, 0.1) is 5.82 Å². The smallest absolute Gasteiger partial charge is 0.246 e. The number of nitrogen functional groups attached to an aromatic ring is 1. The van der Waals surface area contributed by atoms with Crippen molar-refractivity contribution in [2.45, 2.75) is 4.90 Å². The van der Waals surface area contributed by atoms with Gasteiger partial charge >= 0.3 is 0 Å². The number of aliphatic hydroxyl groups is 1. The molecule has 0 bridgehead atoms. The minimum absolute atomic E-state index is 0.00521. The van der Waals surface area contributed by atoms with Crippen LogP contribution in [0.4, 0.5) is 10.1 Å². The van der Waals surface area contributed by atoms with Gasteiger partial charge in [0.05, 0.1) is 17.7 Å². The minimum atomic E-state index is -4.10. The van der Waals surface area contributed by atoms with Crippen LogP contribution in [0.25, 0.3) is 0 Å². The molecular formula is C11H16BrFN2O4S. The van der Waals surface area contributed by atoms with Gasteiger partial charge in [-0.05, 0) is 28.1 Å². The number of nitrogens with zero attached hydrogens (tertiary/aromatic N) is 1. The predicted octanol–water partition coefficient (Wildman–Crippen LogP) is 0.800. The summed E-state index contributed by atoms with van der Waals surface area (Å²) in [6.07, 6.45) is 0. The summed E-state index contributed by atoms with van der Waals surface area (Å²) in [6, 6.07) is 2.33. The Kier molecular flexibility index (Phi) is 6.34. The standard InChI is InChI=1S/C11H16BrFN2O4S/c1-19-5-3-15(2-4-16)20(17,18)10-7-8(14)6-9(12)11(10)13/h6-7,16H,2-5,14H2,1H3. The number of halogens is 2. The third-order valence-corrected chi connectivity index (χ3v) is 5.00. The van der Waals surface area contributed by atoms with Crippen LogP contribution < -0.4 is 5.73 Å². The van der Waals surface area contributed by atoms with Gasteiger partial charge in [0, 0.05) is 25.9 Å². The highest BCUT2D eigenvalue weighted by atomic mass is 79.9. The van der Waals surface area contributed by atoms with E-state index >= 15 is 0 Å². The summed E-state index contributed by atoms with van der Waals surface area (Å²) in [5, 5.41) is 8.95. The van der Waals surface area contributed by atoms with E-state index in [4.69, 9.17) is 15.6 Å². The minimum Gasteiger partial charge on any atom is -0.399 e. The monoisotopic (exact) mass is 370 g/mol. The van der Waals surface area contributed by atoms with E-state index in [0.29, 0.717) is 0 Å². The van der Waals surface area contributed by atoms with Gasteiger partial charge in [-0.25, -0.2) is 12.8 Å².